The summed E-state index contributed by atoms with van der Waals surface area (Å²) in [5.41, 5.74) is 1.31. The number of hydrogen-bond donors (Lipinski definition) is 0. The molecule has 1 heterocycles. The molecule has 0 aromatic carbocycles. The lowest BCUT2D eigenvalue weighted by atomic mass is 10.1. The highest BCUT2D eigenvalue weighted by Gasteiger charge is 1.98. The molecule has 0 radical (unpaired) electrons. The van der Waals surface area contributed by atoms with Gasteiger partial charge in [0.15, 0.2) is 0 Å². The van der Waals surface area contributed by atoms with Gasteiger partial charge in [-0.1, -0.05) is 38.8 Å². The van der Waals surface area contributed by atoms with Crippen LogP contribution < -0.4 is 0 Å². The van der Waals surface area contributed by atoms with E-state index in [1.807, 2.05) is 0 Å². The van der Waals surface area contributed by atoms with E-state index in [9.17, 15) is 0 Å². The van der Waals surface area contributed by atoms with Gasteiger partial charge in [0.2, 0.25) is 0 Å². The summed E-state index contributed by atoms with van der Waals surface area (Å²) in [6, 6.07) is 4.25. The second-order valence-electron chi connectivity index (χ2n) is 3.39. The first-order chi connectivity index (χ1) is 6.34. The fourth-order valence-electron chi connectivity index (χ4n) is 1.37. The Bertz CT molecular complexity index is 234. The van der Waals surface area contributed by atoms with Crippen LogP contribution in [0.25, 0.3) is 5.57 Å². The van der Waals surface area contributed by atoms with Crippen LogP contribution in [0.4, 0.5) is 0 Å². The fraction of sp³-hybridized carbons (Fsp3) is 0.500. The van der Waals surface area contributed by atoms with Crippen molar-refractivity contribution < 1.29 is 0 Å². The van der Waals surface area contributed by atoms with Crippen molar-refractivity contribution in [2.24, 2.45) is 0 Å². The molecular weight excluding hydrogens is 176 g/mol. The number of hydrogen-bond acceptors (Lipinski definition) is 1. The van der Waals surface area contributed by atoms with Gasteiger partial charge in [-0.15, -0.1) is 11.3 Å². The average molecular weight is 194 g/mol. The van der Waals surface area contributed by atoms with Crippen LogP contribution in [0.5, 0.6) is 0 Å². The van der Waals surface area contributed by atoms with E-state index in [0.29, 0.717) is 0 Å². The molecule has 0 spiro atoms. The molecule has 0 nitrogen and oxygen atoms in total. The zero-order chi connectivity index (χ0) is 9.52. The Balaban J connectivity index is 2.19. The van der Waals surface area contributed by atoms with Gasteiger partial charge >= 0.3 is 0 Å². The molecule has 0 N–H and O–H groups in total. The van der Waals surface area contributed by atoms with Gasteiger partial charge in [0, 0.05) is 4.88 Å². The Labute approximate surface area is 85.3 Å². The predicted octanol–water partition coefficient (Wildman–Crippen LogP) is 4.73. The summed E-state index contributed by atoms with van der Waals surface area (Å²) in [6.45, 7) is 6.35. The van der Waals surface area contributed by atoms with Gasteiger partial charge in [-0.2, -0.15) is 0 Å². The molecule has 0 unspecified atom stereocenters. The van der Waals surface area contributed by atoms with Crippen molar-refractivity contribution in [3.63, 3.8) is 0 Å². The number of thiophene rings is 1. The minimum absolute atomic E-state index is 1.17. The van der Waals surface area contributed by atoms with Crippen molar-refractivity contribution in [1.82, 2.24) is 0 Å². The van der Waals surface area contributed by atoms with Gasteiger partial charge in [0.25, 0.3) is 0 Å². The molecule has 0 atom stereocenters. The van der Waals surface area contributed by atoms with Crippen molar-refractivity contribution in [3.05, 3.63) is 29.0 Å². The maximum atomic E-state index is 4.11. The summed E-state index contributed by atoms with van der Waals surface area (Å²) in [6.07, 6.45) is 6.48. The van der Waals surface area contributed by atoms with Crippen LogP contribution in [0, 0.1) is 0 Å². The summed E-state index contributed by atoms with van der Waals surface area (Å²) >= 11 is 1.80. The fourth-order valence-corrected chi connectivity index (χ4v) is 2.10. The summed E-state index contributed by atoms with van der Waals surface area (Å²) < 4.78 is 0. The molecule has 0 fully saturated rings. The zero-order valence-electron chi connectivity index (χ0n) is 8.38. The third-order valence-corrected chi connectivity index (χ3v) is 3.17. The first-order valence-corrected chi connectivity index (χ1v) is 5.94. The molecule has 0 aliphatic carbocycles. The van der Waals surface area contributed by atoms with E-state index in [1.54, 1.807) is 11.3 Å². The van der Waals surface area contributed by atoms with Gasteiger partial charge in [-0.25, -0.2) is 0 Å². The molecule has 0 saturated heterocycles. The molecule has 1 aromatic heterocycles. The number of unbranched alkanes of at least 4 members (excludes halogenated alkanes) is 3. The standard InChI is InChI=1S/C12H18S/c1-3-4-5-6-8-11(2)12-9-7-10-13-12/h7,9-10H,2-6,8H2,1H3. The van der Waals surface area contributed by atoms with Crippen LogP contribution in [-0.4, -0.2) is 0 Å². The van der Waals surface area contributed by atoms with E-state index in [1.165, 1.54) is 42.6 Å². The van der Waals surface area contributed by atoms with Crippen LogP contribution in [0.15, 0.2) is 24.1 Å². The quantitative estimate of drug-likeness (QED) is 0.574. The van der Waals surface area contributed by atoms with E-state index < -0.39 is 0 Å². The second-order valence-corrected chi connectivity index (χ2v) is 4.34. The highest BCUT2D eigenvalue weighted by molar-refractivity contribution is 7.11. The van der Waals surface area contributed by atoms with Gasteiger partial charge in [-0.05, 0) is 29.9 Å². The maximum Gasteiger partial charge on any atom is 0.0296 e. The molecule has 72 valence electrons. The molecule has 1 rings (SSSR count). The molecule has 13 heavy (non-hydrogen) atoms. The normalized spacial score (nSPS) is 10.2. The minimum Gasteiger partial charge on any atom is -0.144 e. The molecule has 0 saturated carbocycles. The molecular formula is C12H18S. The van der Waals surface area contributed by atoms with Gasteiger partial charge < -0.3 is 0 Å². The summed E-state index contributed by atoms with van der Waals surface area (Å²) in [7, 11) is 0. The third-order valence-electron chi connectivity index (χ3n) is 2.20. The topological polar surface area (TPSA) is 0 Å². The van der Waals surface area contributed by atoms with E-state index >= 15 is 0 Å². The predicted molar refractivity (Wildman–Crippen MR) is 62.1 cm³/mol. The zero-order valence-corrected chi connectivity index (χ0v) is 9.20. The van der Waals surface area contributed by atoms with Crippen molar-refractivity contribution in [2.75, 3.05) is 0 Å². The van der Waals surface area contributed by atoms with Crippen molar-refractivity contribution >= 4 is 16.9 Å². The van der Waals surface area contributed by atoms with E-state index in [-0.39, 0.29) is 0 Å². The largest absolute Gasteiger partial charge is 0.144 e. The first-order valence-electron chi connectivity index (χ1n) is 5.06. The van der Waals surface area contributed by atoms with E-state index in [2.05, 4.69) is 31.0 Å². The molecule has 0 amide bonds. The molecule has 0 aliphatic rings. The van der Waals surface area contributed by atoms with Crippen LogP contribution in [0.3, 0.4) is 0 Å². The Kier molecular flexibility index (Phi) is 4.84. The Morgan fingerprint density at radius 2 is 2.23 bits per heavy atom. The monoisotopic (exact) mass is 194 g/mol. The van der Waals surface area contributed by atoms with Crippen molar-refractivity contribution in [3.8, 4) is 0 Å². The number of rotatable bonds is 6. The van der Waals surface area contributed by atoms with E-state index in [4.69, 9.17) is 0 Å². The van der Waals surface area contributed by atoms with Crippen LogP contribution >= 0.6 is 11.3 Å². The Morgan fingerprint density at radius 1 is 1.38 bits per heavy atom. The third kappa shape index (κ3) is 3.77. The SMILES string of the molecule is C=C(CCCCCC)c1cccs1. The van der Waals surface area contributed by atoms with Crippen molar-refractivity contribution in [2.45, 2.75) is 39.0 Å². The summed E-state index contributed by atoms with van der Waals surface area (Å²) in [5.74, 6) is 0. The highest BCUT2D eigenvalue weighted by Crippen LogP contribution is 2.23. The van der Waals surface area contributed by atoms with Gasteiger partial charge in [0.05, 0.1) is 0 Å². The smallest absolute Gasteiger partial charge is 0.0296 e. The van der Waals surface area contributed by atoms with Gasteiger partial charge in [-0.3, -0.25) is 0 Å². The van der Waals surface area contributed by atoms with Gasteiger partial charge in [0.1, 0.15) is 0 Å². The van der Waals surface area contributed by atoms with Crippen LogP contribution in [-0.2, 0) is 0 Å². The highest BCUT2D eigenvalue weighted by atomic mass is 32.1. The lowest BCUT2D eigenvalue weighted by Gasteiger charge is -2.01. The Morgan fingerprint density at radius 3 is 2.85 bits per heavy atom. The van der Waals surface area contributed by atoms with E-state index in [0.717, 1.165) is 0 Å². The average Bonchev–Trinajstić information content (AvgIpc) is 2.65. The lowest BCUT2D eigenvalue weighted by molar-refractivity contribution is 0.679. The first kappa shape index (κ1) is 10.5. The lowest BCUT2D eigenvalue weighted by Crippen LogP contribution is -1.80. The Hall–Kier alpha value is -0.560. The molecule has 1 aromatic rings. The summed E-state index contributed by atoms with van der Waals surface area (Å²) in [5, 5.41) is 2.12. The summed E-state index contributed by atoms with van der Waals surface area (Å²) in [4.78, 5) is 1.36. The van der Waals surface area contributed by atoms with Crippen LogP contribution in [0.1, 0.15) is 43.9 Å². The molecule has 1 heteroatoms. The molecule has 0 aliphatic heterocycles. The van der Waals surface area contributed by atoms with Crippen LogP contribution in [0.2, 0.25) is 0 Å². The number of allylic oxidation sites excluding steroid dienone is 1. The molecule has 0 bridgehead atoms. The second kappa shape index (κ2) is 5.98. The van der Waals surface area contributed by atoms with Crippen molar-refractivity contribution in [1.29, 1.82) is 0 Å². The maximum absolute atomic E-state index is 4.11. The minimum atomic E-state index is 1.17.